The Morgan fingerprint density at radius 2 is 1.54 bits per heavy atom. The van der Waals surface area contributed by atoms with Gasteiger partial charge in [-0.05, 0) is 6.07 Å². The van der Waals surface area contributed by atoms with E-state index in [1.807, 2.05) is 0 Å². The molecule has 1 heterocycles. The van der Waals surface area contributed by atoms with E-state index in [1.165, 1.54) is 18.2 Å². The monoisotopic (exact) mass is 369 g/mol. The number of esters is 1. The van der Waals surface area contributed by atoms with E-state index in [0.29, 0.717) is 0 Å². The summed E-state index contributed by atoms with van der Waals surface area (Å²) in [5.74, 6) is -11.4. The lowest BCUT2D eigenvalue weighted by Gasteiger charge is -2.05. The summed E-state index contributed by atoms with van der Waals surface area (Å²) in [5, 5.41) is 3.36. The van der Waals surface area contributed by atoms with Gasteiger partial charge >= 0.3 is 5.97 Å². The number of carbonyl (C=O) groups is 1. The first kappa shape index (κ1) is 17.6. The highest BCUT2D eigenvalue weighted by atomic mass is 19.2. The number of rotatable bonds is 3. The van der Waals surface area contributed by atoms with Crippen LogP contribution in [-0.2, 0) is 4.74 Å². The van der Waals surface area contributed by atoms with Crippen LogP contribution >= 0.6 is 0 Å². The lowest BCUT2D eigenvalue weighted by atomic mass is 10.0. The normalized spacial score (nSPS) is 10.8. The standard InChI is InChI=1S/C17H8F5NO3/c1-25-17(24)8-5-3-2-4-7(8)10-6-9(23-26-10)11-12(18)14(20)16(22)15(21)13(11)19/h2-6H,1H3. The molecule has 0 aliphatic heterocycles. The topological polar surface area (TPSA) is 52.3 Å². The first-order chi connectivity index (χ1) is 12.4. The Kier molecular flexibility index (Phi) is 4.45. The minimum Gasteiger partial charge on any atom is -0.465 e. The first-order valence-corrected chi connectivity index (χ1v) is 7.03. The minimum absolute atomic E-state index is 0.0649. The maximum Gasteiger partial charge on any atom is 0.338 e. The molecule has 0 radical (unpaired) electrons. The summed E-state index contributed by atoms with van der Waals surface area (Å²) in [7, 11) is 1.15. The Bertz CT molecular complexity index is 987. The van der Waals surface area contributed by atoms with E-state index >= 15 is 0 Å². The third-order valence-corrected chi connectivity index (χ3v) is 3.57. The number of methoxy groups -OCH3 is 1. The maximum absolute atomic E-state index is 13.9. The molecule has 9 heteroatoms. The van der Waals surface area contributed by atoms with Gasteiger partial charge < -0.3 is 9.26 Å². The van der Waals surface area contributed by atoms with Crippen LogP contribution in [0.4, 0.5) is 22.0 Å². The largest absolute Gasteiger partial charge is 0.465 e. The molecule has 2 aromatic carbocycles. The highest BCUT2D eigenvalue weighted by molar-refractivity contribution is 5.96. The van der Waals surface area contributed by atoms with Gasteiger partial charge in [-0.2, -0.15) is 0 Å². The zero-order chi connectivity index (χ0) is 19.0. The highest BCUT2D eigenvalue weighted by Gasteiger charge is 2.29. The molecule has 0 saturated heterocycles. The van der Waals surface area contributed by atoms with Crippen LogP contribution < -0.4 is 0 Å². The van der Waals surface area contributed by atoms with Gasteiger partial charge in [0.2, 0.25) is 5.82 Å². The molecule has 3 aromatic rings. The zero-order valence-electron chi connectivity index (χ0n) is 12.9. The quantitative estimate of drug-likeness (QED) is 0.295. The Morgan fingerprint density at radius 1 is 0.962 bits per heavy atom. The van der Waals surface area contributed by atoms with Crippen LogP contribution in [0.2, 0.25) is 0 Å². The summed E-state index contributed by atoms with van der Waals surface area (Å²) in [6.07, 6.45) is 0. The minimum atomic E-state index is -2.27. The van der Waals surface area contributed by atoms with Gasteiger partial charge in [-0.3, -0.25) is 0 Å². The lowest BCUT2D eigenvalue weighted by Crippen LogP contribution is -2.04. The Morgan fingerprint density at radius 3 is 2.15 bits per heavy atom. The number of carbonyl (C=O) groups excluding carboxylic acids is 1. The molecule has 0 spiro atoms. The maximum atomic E-state index is 13.9. The molecular formula is C17H8F5NO3. The predicted molar refractivity (Wildman–Crippen MR) is 78.5 cm³/mol. The second-order valence-corrected chi connectivity index (χ2v) is 5.06. The summed E-state index contributed by atoms with van der Waals surface area (Å²) in [6, 6.07) is 6.89. The second-order valence-electron chi connectivity index (χ2n) is 5.06. The molecule has 4 nitrogen and oxygen atoms in total. The molecule has 26 heavy (non-hydrogen) atoms. The Hall–Kier alpha value is -3.23. The van der Waals surface area contributed by atoms with Gasteiger partial charge in [-0.25, -0.2) is 26.7 Å². The SMILES string of the molecule is COC(=O)c1ccccc1-c1cc(-c2c(F)c(F)c(F)c(F)c2F)no1. The van der Waals surface area contributed by atoms with E-state index in [4.69, 9.17) is 4.52 Å². The van der Waals surface area contributed by atoms with E-state index in [1.54, 1.807) is 6.07 Å². The van der Waals surface area contributed by atoms with Crippen LogP contribution in [0.5, 0.6) is 0 Å². The van der Waals surface area contributed by atoms with Crippen molar-refractivity contribution >= 4 is 5.97 Å². The van der Waals surface area contributed by atoms with E-state index in [-0.39, 0.29) is 16.9 Å². The van der Waals surface area contributed by atoms with E-state index in [0.717, 1.165) is 13.2 Å². The Balaban J connectivity index is 2.16. The summed E-state index contributed by atoms with van der Waals surface area (Å²) < 4.78 is 77.2. The van der Waals surface area contributed by atoms with Crippen molar-refractivity contribution in [2.75, 3.05) is 7.11 Å². The fraction of sp³-hybridized carbons (Fsp3) is 0.0588. The molecule has 134 valence electrons. The van der Waals surface area contributed by atoms with Crippen molar-refractivity contribution < 1.29 is 36.0 Å². The van der Waals surface area contributed by atoms with Gasteiger partial charge in [0.1, 0.15) is 5.69 Å². The average molecular weight is 369 g/mol. The summed E-state index contributed by atoms with van der Waals surface area (Å²) in [6.45, 7) is 0. The van der Waals surface area contributed by atoms with Crippen molar-refractivity contribution in [2.45, 2.75) is 0 Å². The van der Waals surface area contributed by atoms with E-state index in [2.05, 4.69) is 9.89 Å². The molecule has 0 fully saturated rings. The molecule has 0 amide bonds. The summed E-state index contributed by atoms with van der Waals surface area (Å²) in [4.78, 5) is 11.8. The van der Waals surface area contributed by atoms with Crippen LogP contribution in [0.1, 0.15) is 10.4 Å². The van der Waals surface area contributed by atoms with Crippen LogP contribution in [0.15, 0.2) is 34.9 Å². The van der Waals surface area contributed by atoms with Crippen molar-refractivity contribution in [1.82, 2.24) is 5.16 Å². The number of ether oxygens (including phenoxy) is 1. The molecule has 3 rings (SSSR count). The molecule has 0 bridgehead atoms. The van der Waals surface area contributed by atoms with Crippen molar-refractivity contribution in [3.05, 3.63) is 65.0 Å². The second kappa shape index (κ2) is 6.58. The van der Waals surface area contributed by atoms with Crippen molar-refractivity contribution in [3.63, 3.8) is 0 Å². The number of aromatic nitrogens is 1. The Labute approximate surface area is 142 Å². The number of benzene rings is 2. The fourth-order valence-electron chi connectivity index (χ4n) is 2.34. The smallest absolute Gasteiger partial charge is 0.338 e. The molecule has 0 aliphatic carbocycles. The average Bonchev–Trinajstić information content (AvgIpc) is 3.13. The van der Waals surface area contributed by atoms with E-state index in [9.17, 15) is 26.7 Å². The first-order valence-electron chi connectivity index (χ1n) is 7.03. The fourth-order valence-corrected chi connectivity index (χ4v) is 2.34. The van der Waals surface area contributed by atoms with Gasteiger partial charge in [-0.1, -0.05) is 23.4 Å². The zero-order valence-corrected chi connectivity index (χ0v) is 12.9. The molecule has 0 atom stereocenters. The third kappa shape index (κ3) is 2.71. The van der Waals surface area contributed by atoms with Gasteiger partial charge in [0.15, 0.2) is 29.0 Å². The van der Waals surface area contributed by atoms with Crippen LogP contribution in [0.3, 0.4) is 0 Å². The van der Waals surface area contributed by atoms with Gasteiger partial charge in [-0.15, -0.1) is 0 Å². The number of hydrogen-bond donors (Lipinski definition) is 0. The highest BCUT2D eigenvalue weighted by Crippen LogP contribution is 2.34. The molecule has 0 aliphatic rings. The molecular weight excluding hydrogens is 361 g/mol. The lowest BCUT2D eigenvalue weighted by molar-refractivity contribution is 0.0601. The van der Waals surface area contributed by atoms with Gasteiger partial charge in [0.25, 0.3) is 0 Å². The van der Waals surface area contributed by atoms with Crippen molar-refractivity contribution in [2.24, 2.45) is 0 Å². The molecule has 0 unspecified atom stereocenters. The van der Waals surface area contributed by atoms with Gasteiger partial charge in [0, 0.05) is 11.6 Å². The number of hydrogen-bond acceptors (Lipinski definition) is 4. The number of nitrogens with zero attached hydrogens (tertiary/aromatic N) is 1. The van der Waals surface area contributed by atoms with Crippen molar-refractivity contribution in [3.8, 4) is 22.6 Å². The molecule has 0 saturated carbocycles. The van der Waals surface area contributed by atoms with Crippen molar-refractivity contribution in [1.29, 1.82) is 0 Å². The molecule has 0 N–H and O–H groups in total. The van der Waals surface area contributed by atoms with Crippen LogP contribution in [-0.4, -0.2) is 18.2 Å². The molecule has 1 aromatic heterocycles. The van der Waals surface area contributed by atoms with Crippen LogP contribution in [0, 0.1) is 29.1 Å². The summed E-state index contributed by atoms with van der Waals surface area (Å²) >= 11 is 0. The van der Waals surface area contributed by atoms with Gasteiger partial charge in [0.05, 0.1) is 18.2 Å². The predicted octanol–water partition coefficient (Wildman–Crippen LogP) is 4.49. The third-order valence-electron chi connectivity index (χ3n) is 3.57. The number of halogens is 5. The van der Waals surface area contributed by atoms with Crippen LogP contribution in [0.25, 0.3) is 22.6 Å². The van der Waals surface area contributed by atoms with E-state index < -0.39 is 46.3 Å². The summed E-state index contributed by atoms with van der Waals surface area (Å²) in [5.41, 5.74) is -1.61.